The van der Waals surface area contributed by atoms with Gasteiger partial charge in [0.05, 0.1) is 0 Å². The zero-order valence-corrected chi connectivity index (χ0v) is 9.46. The van der Waals surface area contributed by atoms with Crippen LogP contribution in [0.4, 0.5) is 0 Å². The van der Waals surface area contributed by atoms with Gasteiger partial charge in [-0.25, -0.2) is 4.79 Å². The maximum atomic E-state index is 10.0. The highest BCUT2D eigenvalue weighted by atomic mass is 35.5. The fraction of sp³-hybridized carbons (Fsp3) is 0.700. The largest absolute Gasteiger partial charge is 0.478 e. The minimum Gasteiger partial charge on any atom is -0.478 e. The number of carbonyl (C=O) groups is 1. The third-order valence-electron chi connectivity index (χ3n) is 1.59. The van der Waals surface area contributed by atoms with Crippen molar-refractivity contribution >= 4 is 17.6 Å². The number of nitrogens with two attached hydrogens (primary N) is 1. The first-order valence-corrected chi connectivity index (χ1v) is 5.50. The van der Waals surface area contributed by atoms with E-state index in [1.165, 1.54) is 12.5 Å². The average Bonchev–Trinajstić information content (AvgIpc) is 2.19. The van der Waals surface area contributed by atoms with Crippen LogP contribution in [0.1, 0.15) is 32.1 Å². The van der Waals surface area contributed by atoms with Crippen LogP contribution in [0.25, 0.3) is 0 Å². The Balaban J connectivity index is 0. The van der Waals surface area contributed by atoms with E-state index in [9.17, 15) is 4.79 Å². The lowest BCUT2D eigenvalue weighted by atomic mass is 10.1. The summed E-state index contributed by atoms with van der Waals surface area (Å²) in [6.07, 6.45) is 9.65. The molecule has 0 rings (SSSR count). The predicted octanol–water partition coefficient (Wildman–Crippen LogP) is 2.39. The van der Waals surface area contributed by atoms with E-state index >= 15 is 0 Å². The number of aliphatic carboxylic acids is 1. The zero-order valence-electron chi connectivity index (χ0n) is 8.71. The minimum atomic E-state index is -0.864. The third kappa shape index (κ3) is 17.5. The summed E-state index contributed by atoms with van der Waals surface area (Å²) in [7, 11) is 0. The van der Waals surface area contributed by atoms with Crippen molar-refractivity contribution in [3.63, 3.8) is 0 Å². The predicted molar refractivity (Wildman–Crippen MR) is 60.7 cm³/mol. The number of unbranched alkanes of at least 4 members (excludes halogenated alkanes) is 4. The van der Waals surface area contributed by atoms with Crippen LogP contribution >= 0.6 is 11.6 Å². The summed E-state index contributed by atoms with van der Waals surface area (Å²) in [5.74, 6) is -0.864. The molecule has 3 N–H and O–H groups in total. The highest BCUT2D eigenvalue weighted by Gasteiger charge is 1.87. The summed E-state index contributed by atoms with van der Waals surface area (Å²) in [6, 6.07) is 0. The molecule has 0 heterocycles. The zero-order chi connectivity index (χ0) is 11.2. The summed E-state index contributed by atoms with van der Waals surface area (Å²) in [5, 5.41) is 8.25. The van der Waals surface area contributed by atoms with Crippen LogP contribution in [-0.2, 0) is 4.79 Å². The highest BCUT2D eigenvalue weighted by molar-refractivity contribution is 6.15. The topological polar surface area (TPSA) is 63.3 Å². The summed E-state index contributed by atoms with van der Waals surface area (Å²) < 4.78 is 0. The van der Waals surface area contributed by atoms with Gasteiger partial charge in [0.2, 0.25) is 0 Å². The van der Waals surface area contributed by atoms with Gasteiger partial charge in [-0.05, 0) is 25.8 Å². The fourth-order valence-electron chi connectivity index (χ4n) is 0.944. The van der Waals surface area contributed by atoms with Gasteiger partial charge in [-0.2, -0.15) is 0 Å². The number of allylic oxidation sites excluding steroid dienone is 1. The van der Waals surface area contributed by atoms with Crippen molar-refractivity contribution in [2.24, 2.45) is 5.73 Å². The van der Waals surface area contributed by atoms with Gasteiger partial charge in [-0.15, -0.1) is 11.6 Å². The van der Waals surface area contributed by atoms with Gasteiger partial charge in [0.1, 0.15) is 0 Å². The monoisotopic (exact) mass is 221 g/mol. The lowest BCUT2D eigenvalue weighted by molar-refractivity contribution is -0.131. The smallest absolute Gasteiger partial charge is 0.327 e. The van der Waals surface area contributed by atoms with Crippen molar-refractivity contribution < 1.29 is 9.90 Å². The SMILES string of the molecule is CCl.NCCCCCC/C=C/C(=O)O. The lowest BCUT2D eigenvalue weighted by Gasteiger charge is -1.95. The number of hydrogen-bond donors (Lipinski definition) is 2. The maximum absolute atomic E-state index is 10.0. The minimum absolute atomic E-state index is 0.755. The Morgan fingerprint density at radius 3 is 2.36 bits per heavy atom. The molecule has 0 atom stereocenters. The molecule has 0 fully saturated rings. The molecule has 14 heavy (non-hydrogen) atoms. The standard InChI is InChI=1S/C9H17NO2.CH3Cl/c10-8-6-4-2-1-3-5-7-9(11)12;1-2/h5,7H,1-4,6,8,10H2,(H,11,12);1H3/b7-5+;. The van der Waals surface area contributed by atoms with Crippen molar-refractivity contribution in [1.82, 2.24) is 0 Å². The number of alkyl halides is 1. The molecular formula is C10H20ClNO2. The number of halogens is 1. The quantitative estimate of drug-likeness (QED) is 0.394. The number of rotatable bonds is 7. The average molecular weight is 222 g/mol. The van der Waals surface area contributed by atoms with E-state index in [2.05, 4.69) is 11.6 Å². The van der Waals surface area contributed by atoms with Crippen molar-refractivity contribution in [3.05, 3.63) is 12.2 Å². The van der Waals surface area contributed by atoms with E-state index in [0.29, 0.717) is 0 Å². The van der Waals surface area contributed by atoms with Gasteiger partial charge in [0.25, 0.3) is 0 Å². The van der Waals surface area contributed by atoms with Gasteiger partial charge < -0.3 is 10.8 Å². The van der Waals surface area contributed by atoms with Crippen molar-refractivity contribution in [3.8, 4) is 0 Å². The van der Waals surface area contributed by atoms with Gasteiger partial charge in [-0.3, -0.25) is 0 Å². The fourth-order valence-corrected chi connectivity index (χ4v) is 0.944. The highest BCUT2D eigenvalue weighted by Crippen LogP contribution is 2.02. The van der Waals surface area contributed by atoms with Crippen LogP contribution in [0, 0.1) is 0 Å². The van der Waals surface area contributed by atoms with E-state index in [4.69, 9.17) is 10.8 Å². The molecule has 0 spiro atoms. The van der Waals surface area contributed by atoms with Crippen molar-refractivity contribution in [1.29, 1.82) is 0 Å². The van der Waals surface area contributed by atoms with Crippen LogP contribution in [0.15, 0.2) is 12.2 Å². The molecule has 0 saturated heterocycles. The molecule has 0 unspecified atom stereocenters. The Morgan fingerprint density at radius 1 is 1.29 bits per heavy atom. The number of hydrogen-bond acceptors (Lipinski definition) is 2. The molecule has 0 aromatic carbocycles. The van der Waals surface area contributed by atoms with E-state index in [0.717, 1.165) is 38.6 Å². The maximum Gasteiger partial charge on any atom is 0.327 e. The lowest BCUT2D eigenvalue weighted by Crippen LogP contribution is -1.97. The molecule has 0 aliphatic carbocycles. The first-order valence-electron chi connectivity index (χ1n) is 4.74. The van der Waals surface area contributed by atoms with E-state index in [1.54, 1.807) is 6.08 Å². The van der Waals surface area contributed by atoms with E-state index in [-0.39, 0.29) is 0 Å². The van der Waals surface area contributed by atoms with E-state index in [1.807, 2.05) is 0 Å². The van der Waals surface area contributed by atoms with Crippen LogP contribution in [0.3, 0.4) is 0 Å². The second-order valence-corrected chi connectivity index (χ2v) is 2.73. The first-order chi connectivity index (χ1) is 6.77. The van der Waals surface area contributed by atoms with Crippen LogP contribution in [0.5, 0.6) is 0 Å². The van der Waals surface area contributed by atoms with Crippen molar-refractivity contribution in [2.45, 2.75) is 32.1 Å². The molecule has 3 nitrogen and oxygen atoms in total. The molecule has 0 saturated carbocycles. The Bertz CT molecular complexity index is 149. The Kier molecular flexibility index (Phi) is 17.0. The summed E-state index contributed by atoms with van der Waals surface area (Å²) in [6.45, 7) is 0.755. The Labute approximate surface area is 90.9 Å². The molecule has 0 aliphatic heterocycles. The molecule has 0 amide bonds. The van der Waals surface area contributed by atoms with Gasteiger partial charge in [0.15, 0.2) is 0 Å². The molecule has 0 aliphatic rings. The van der Waals surface area contributed by atoms with Crippen LogP contribution in [0.2, 0.25) is 0 Å². The first kappa shape index (κ1) is 15.9. The normalized spacial score (nSPS) is 9.64. The van der Waals surface area contributed by atoms with E-state index < -0.39 is 5.97 Å². The summed E-state index contributed by atoms with van der Waals surface area (Å²) >= 11 is 4.64. The molecular weight excluding hydrogens is 202 g/mol. The molecule has 0 aromatic heterocycles. The second-order valence-electron chi connectivity index (χ2n) is 2.73. The van der Waals surface area contributed by atoms with Gasteiger partial charge >= 0.3 is 5.97 Å². The Morgan fingerprint density at radius 2 is 1.86 bits per heavy atom. The van der Waals surface area contributed by atoms with Crippen LogP contribution in [-0.4, -0.2) is 24.0 Å². The number of carboxylic acid groups (broad SMARTS) is 1. The second kappa shape index (κ2) is 15.0. The molecule has 0 bridgehead atoms. The Hall–Kier alpha value is -0.540. The molecule has 84 valence electrons. The number of carboxylic acids is 1. The molecule has 4 heteroatoms. The summed E-state index contributed by atoms with van der Waals surface area (Å²) in [5.41, 5.74) is 5.32. The third-order valence-corrected chi connectivity index (χ3v) is 1.59. The molecule has 0 radical (unpaired) electrons. The van der Waals surface area contributed by atoms with Gasteiger partial charge in [0, 0.05) is 12.5 Å². The van der Waals surface area contributed by atoms with Crippen LogP contribution < -0.4 is 5.73 Å². The van der Waals surface area contributed by atoms with Crippen molar-refractivity contribution in [2.75, 3.05) is 12.9 Å². The summed E-state index contributed by atoms with van der Waals surface area (Å²) in [4.78, 5) is 10.0. The van der Waals surface area contributed by atoms with Gasteiger partial charge in [-0.1, -0.05) is 18.9 Å². The molecule has 0 aromatic rings.